The summed E-state index contributed by atoms with van der Waals surface area (Å²) in [6.45, 7) is 14.7. The van der Waals surface area contributed by atoms with E-state index in [0.717, 1.165) is 39.3 Å². The van der Waals surface area contributed by atoms with Crippen LogP contribution in [0.25, 0.3) is 0 Å². The molecule has 0 radical (unpaired) electrons. The summed E-state index contributed by atoms with van der Waals surface area (Å²) in [5.74, 6) is 1.03. The lowest BCUT2D eigenvalue weighted by Gasteiger charge is -2.34. The molecule has 2 heterocycles. The molecule has 1 N–H and O–H groups in total. The standard InChI is InChI=1S/C15H29N3O/c1-12(14(19)17-9-6-16-7-10-17)18-8-5-13(11-18)15(2,3)4/h12-13,16H,5-11H2,1-4H3. The predicted molar refractivity (Wildman–Crippen MR) is 78.0 cm³/mol. The minimum absolute atomic E-state index is 0.0467. The summed E-state index contributed by atoms with van der Waals surface area (Å²) < 4.78 is 0. The molecule has 2 fully saturated rings. The molecule has 4 heteroatoms. The van der Waals surface area contributed by atoms with Crippen molar-refractivity contribution in [1.29, 1.82) is 0 Å². The number of rotatable bonds is 2. The van der Waals surface area contributed by atoms with E-state index >= 15 is 0 Å². The fourth-order valence-electron chi connectivity index (χ4n) is 3.15. The normalized spacial score (nSPS) is 27.6. The van der Waals surface area contributed by atoms with E-state index in [0.29, 0.717) is 17.2 Å². The molecule has 0 saturated carbocycles. The molecule has 0 aliphatic carbocycles. The van der Waals surface area contributed by atoms with Crippen molar-refractivity contribution >= 4 is 5.91 Å². The molecule has 2 aliphatic heterocycles. The maximum Gasteiger partial charge on any atom is 0.239 e. The molecular formula is C15H29N3O. The number of amides is 1. The molecule has 4 nitrogen and oxygen atoms in total. The number of nitrogens with zero attached hydrogens (tertiary/aromatic N) is 2. The molecule has 0 aromatic rings. The Morgan fingerprint density at radius 1 is 1.21 bits per heavy atom. The van der Waals surface area contributed by atoms with Gasteiger partial charge in [0.25, 0.3) is 0 Å². The van der Waals surface area contributed by atoms with Crippen LogP contribution in [0.5, 0.6) is 0 Å². The van der Waals surface area contributed by atoms with Crippen molar-refractivity contribution in [3.8, 4) is 0 Å². The molecule has 110 valence electrons. The average molecular weight is 267 g/mol. The average Bonchev–Trinajstić information content (AvgIpc) is 2.87. The number of carbonyl (C=O) groups excluding carboxylic acids is 1. The van der Waals surface area contributed by atoms with Gasteiger partial charge in [0.2, 0.25) is 5.91 Å². The molecule has 0 aromatic carbocycles. The Labute approximate surface area is 117 Å². The Balaban J connectivity index is 1.89. The van der Waals surface area contributed by atoms with Crippen LogP contribution in [0.15, 0.2) is 0 Å². The Bertz CT molecular complexity index is 318. The van der Waals surface area contributed by atoms with Gasteiger partial charge in [0, 0.05) is 32.7 Å². The van der Waals surface area contributed by atoms with E-state index in [1.54, 1.807) is 0 Å². The van der Waals surface area contributed by atoms with Crippen molar-refractivity contribution in [2.24, 2.45) is 11.3 Å². The SMILES string of the molecule is CC(C(=O)N1CCNCC1)N1CCC(C(C)(C)C)C1. The van der Waals surface area contributed by atoms with Crippen molar-refractivity contribution < 1.29 is 4.79 Å². The molecule has 19 heavy (non-hydrogen) atoms. The number of likely N-dealkylation sites (tertiary alicyclic amines) is 1. The van der Waals surface area contributed by atoms with Gasteiger partial charge in [-0.3, -0.25) is 9.69 Å². The van der Waals surface area contributed by atoms with E-state index in [2.05, 4.69) is 37.9 Å². The van der Waals surface area contributed by atoms with Crippen LogP contribution in [0.1, 0.15) is 34.1 Å². The van der Waals surface area contributed by atoms with Crippen LogP contribution in [0.3, 0.4) is 0 Å². The topological polar surface area (TPSA) is 35.6 Å². The number of hydrogen-bond donors (Lipinski definition) is 1. The molecule has 2 saturated heterocycles. The van der Waals surface area contributed by atoms with E-state index in [1.807, 2.05) is 4.90 Å². The van der Waals surface area contributed by atoms with Gasteiger partial charge in [0.15, 0.2) is 0 Å². The lowest BCUT2D eigenvalue weighted by molar-refractivity contribution is -0.136. The Kier molecular flexibility index (Phi) is 4.51. The van der Waals surface area contributed by atoms with Crippen LogP contribution in [0, 0.1) is 11.3 Å². The van der Waals surface area contributed by atoms with Gasteiger partial charge in [-0.1, -0.05) is 20.8 Å². The van der Waals surface area contributed by atoms with Gasteiger partial charge in [0.05, 0.1) is 6.04 Å². The predicted octanol–water partition coefficient (Wildman–Crippen LogP) is 1.17. The summed E-state index contributed by atoms with van der Waals surface area (Å²) in [6.07, 6.45) is 1.22. The van der Waals surface area contributed by atoms with Crippen LogP contribution in [0.4, 0.5) is 0 Å². The largest absolute Gasteiger partial charge is 0.339 e. The number of hydrogen-bond acceptors (Lipinski definition) is 3. The third-order valence-electron chi connectivity index (χ3n) is 4.78. The zero-order valence-electron chi connectivity index (χ0n) is 12.9. The van der Waals surface area contributed by atoms with Gasteiger partial charge in [0.1, 0.15) is 0 Å². The van der Waals surface area contributed by atoms with Crippen LogP contribution in [0.2, 0.25) is 0 Å². The lowest BCUT2D eigenvalue weighted by atomic mass is 9.80. The van der Waals surface area contributed by atoms with Gasteiger partial charge in [-0.15, -0.1) is 0 Å². The second-order valence-electron chi connectivity index (χ2n) is 7.10. The van der Waals surface area contributed by atoms with Gasteiger partial charge < -0.3 is 10.2 Å². The Morgan fingerprint density at radius 3 is 2.37 bits per heavy atom. The second kappa shape index (κ2) is 5.80. The first-order valence-electron chi connectivity index (χ1n) is 7.63. The minimum Gasteiger partial charge on any atom is -0.339 e. The third-order valence-corrected chi connectivity index (χ3v) is 4.78. The quantitative estimate of drug-likeness (QED) is 0.816. The number of carbonyl (C=O) groups is 1. The zero-order valence-corrected chi connectivity index (χ0v) is 12.9. The molecular weight excluding hydrogens is 238 g/mol. The van der Waals surface area contributed by atoms with Crippen LogP contribution in [-0.4, -0.2) is 61.0 Å². The van der Waals surface area contributed by atoms with Gasteiger partial charge in [-0.2, -0.15) is 0 Å². The third kappa shape index (κ3) is 3.48. The van der Waals surface area contributed by atoms with Crippen molar-refractivity contribution in [3.05, 3.63) is 0 Å². The van der Waals surface area contributed by atoms with E-state index < -0.39 is 0 Å². The molecule has 0 bridgehead atoms. The smallest absolute Gasteiger partial charge is 0.239 e. The maximum atomic E-state index is 12.5. The first-order valence-corrected chi connectivity index (χ1v) is 7.63. The van der Waals surface area contributed by atoms with E-state index in [-0.39, 0.29) is 6.04 Å². The van der Waals surface area contributed by atoms with Crippen molar-refractivity contribution in [2.75, 3.05) is 39.3 Å². The molecule has 2 rings (SSSR count). The van der Waals surface area contributed by atoms with Gasteiger partial charge >= 0.3 is 0 Å². The zero-order chi connectivity index (χ0) is 14.0. The lowest BCUT2D eigenvalue weighted by Crippen LogP contribution is -2.52. The molecule has 2 aliphatic rings. The fourth-order valence-corrected chi connectivity index (χ4v) is 3.15. The molecule has 2 atom stereocenters. The summed E-state index contributed by atoms with van der Waals surface area (Å²) in [7, 11) is 0. The van der Waals surface area contributed by atoms with Crippen LogP contribution >= 0.6 is 0 Å². The minimum atomic E-state index is 0.0467. The van der Waals surface area contributed by atoms with Crippen molar-refractivity contribution in [3.63, 3.8) is 0 Å². The summed E-state index contributed by atoms with van der Waals surface area (Å²) in [6, 6.07) is 0.0467. The summed E-state index contributed by atoms with van der Waals surface area (Å²) in [4.78, 5) is 16.9. The number of piperazine rings is 1. The molecule has 1 amide bonds. The fraction of sp³-hybridized carbons (Fsp3) is 0.933. The van der Waals surface area contributed by atoms with Crippen LogP contribution in [-0.2, 0) is 4.79 Å². The number of nitrogens with one attached hydrogen (secondary N) is 1. The highest BCUT2D eigenvalue weighted by Crippen LogP contribution is 2.34. The molecule has 2 unspecified atom stereocenters. The summed E-state index contributed by atoms with van der Waals surface area (Å²) >= 11 is 0. The molecule has 0 spiro atoms. The monoisotopic (exact) mass is 267 g/mol. The molecule has 0 aromatic heterocycles. The van der Waals surface area contributed by atoms with E-state index in [9.17, 15) is 4.79 Å². The Morgan fingerprint density at radius 2 is 1.84 bits per heavy atom. The summed E-state index contributed by atoms with van der Waals surface area (Å²) in [5, 5.41) is 3.30. The van der Waals surface area contributed by atoms with Crippen molar-refractivity contribution in [1.82, 2.24) is 15.1 Å². The van der Waals surface area contributed by atoms with Crippen LogP contribution < -0.4 is 5.32 Å². The Hall–Kier alpha value is -0.610. The van der Waals surface area contributed by atoms with Gasteiger partial charge in [-0.25, -0.2) is 0 Å². The highest BCUT2D eigenvalue weighted by Gasteiger charge is 2.36. The summed E-state index contributed by atoms with van der Waals surface area (Å²) in [5.41, 5.74) is 0.354. The van der Waals surface area contributed by atoms with E-state index in [4.69, 9.17) is 0 Å². The first-order chi connectivity index (χ1) is 8.89. The van der Waals surface area contributed by atoms with E-state index in [1.165, 1.54) is 6.42 Å². The maximum absolute atomic E-state index is 12.5. The highest BCUT2D eigenvalue weighted by atomic mass is 16.2. The second-order valence-corrected chi connectivity index (χ2v) is 7.10. The van der Waals surface area contributed by atoms with Gasteiger partial charge in [-0.05, 0) is 31.2 Å². The first kappa shape index (κ1) is 14.8. The van der Waals surface area contributed by atoms with Crippen molar-refractivity contribution in [2.45, 2.75) is 40.2 Å². The highest BCUT2D eigenvalue weighted by molar-refractivity contribution is 5.81.